The Balaban J connectivity index is 1.60. The molecule has 0 radical (unpaired) electrons. The maximum atomic E-state index is 12.2. The smallest absolute Gasteiger partial charge is 0.237 e. The number of carbonyl (C=O) groups excluding carboxylic acids is 1. The summed E-state index contributed by atoms with van der Waals surface area (Å²) in [5.74, 6) is -0.264. The SMILES string of the molecule is CS(=O)(=O)CC(=O)N1C[C@@H]2CCC[C@]2(COCc2cccnc2)C1. The summed E-state index contributed by atoms with van der Waals surface area (Å²) in [5.41, 5.74) is 1.02. The van der Waals surface area contributed by atoms with Crippen molar-refractivity contribution >= 4 is 15.7 Å². The van der Waals surface area contributed by atoms with Crippen molar-refractivity contribution in [2.45, 2.75) is 25.9 Å². The van der Waals surface area contributed by atoms with Gasteiger partial charge in [0.05, 0.1) is 13.2 Å². The van der Waals surface area contributed by atoms with Gasteiger partial charge in [0.1, 0.15) is 5.75 Å². The second-order valence-electron chi connectivity index (χ2n) is 7.15. The maximum Gasteiger partial charge on any atom is 0.237 e. The number of hydrogen-bond acceptors (Lipinski definition) is 5. The lowest BCUT2D eigenvalue weighted by Gasteiger charge is -2.28. The Hall–Kier alpha value is -1.47. The standard InChI is InChI=1S/C17H24N2O4S/c1-24(21,22)11-16(20)19-9-15-5-2-6-17(15,12-19)13-23-10-14-4-3-7-18-8-14/h3-4,7-8,15H,2,5-6,9-13H2,1H3/t15-,17+/m0/s1. The van der Waals surface area contributed by atoms with E-state index in [0.717, 1.165) is 31.1 Å². The minimum absolute atomic E-state index is 0.0185. The van der Waals surface area contributed by atoms with Gasteiger partial charge in [0, 0.05) is 37.2 Å². The molecule has 2 heterocycles. The topological polar surface area (TPSA) is 76.6 Å². The first-order valence-corrected chi connectivity index (χ1v) is 10.4. The number of likely N-dealkylation sites (tertiary alicyclic amines) is 1. The van der Waals surface area contributed by atoms with Crippen molar-refractivity contribution < 1.29 is 17.9 Å². The number of nitrogens with zero attached hydrogens (tertiary/aromatic N) is 2. The van der Waals surface area contributed by atoms with Crippen LogP contribution in [0.15, 0.2) is 24.5 Å². The van der Waals surface area contributed by atoms with Crippen LogP contribution >= 0.6 is 0 Å². The molecule has 1 amide bonds. The Labute approximate surface area is 143 Å². The number of pyridine rings is 1. The maximum absolute atomic E-state index is 12.2. The van der Waals surface area contributed by atoms with Gasteiger partial charge in [-0.05, 0) is 30.4 Å². The fourth-order valence-electron chi connectivity index (χ4n) is 4.01. The average Bonchev–Trinajstić information content (AvgIpc) is 3.03. The second-order valence-corrected chi connectivity index (χ2v) is 9.29. The highest BCUT2D eigenvalue weighted by molar-refractivity contribution is 7.91. The van der Waals surface area contributed by atoms with Crippen LogP contribution in [0.4, 0.5) is 0 Å². The van der Waals surface area contributed by atoms with Crippen LogP contribution in [0.2, 0.25) is 0 Å². The molecule has 2 aliphatic rings. The summed E-state index contributed by atoms with van der Waals surface area (Å²) < 4.78 is 28.7. The molecule has 1 aromatic rings. The Morgan fingerprint density at radius 3 is 3.04 bits per heavy atom. The van der Waals surface area contributed by atoms with Crippen molar-refractivity contribution in [1.82, 2.24) is 9.88 Å². The summed E-state index contributed by atoms with van der Waals surface area (Å²) in [6.45, 7) is 2.39. The van der Waals surface area contributed by atoms with E-state index in [-0.39, 0.29) is 11.3 Å². The average molecular weight is 352 g/mol. The van der Waals surface area contributed by atoms with Gasteiger partial charge in [-0.2, -0.15) is 0 Å². The van der Waals surface area contributed by atoms with Gasteiger partial charge in [-0.15, -0.1) is 0 Å². The largest absolute Gasteiger partial charge is 0.376 e. The van der Waals surface area contributed by atoms with E-state index >= 15 is 0 Å². The van der Waals surface area contributed by atoms with Crippen LogP contribution in [0, 0.1) is 11.3 Å². The van der Waals surface area contributed by atoms with E-state index in [9.17, 15) is 13.2 Å². The Morgan fingerprint density at radius 1 is 1.50 bits per heavy atom. The van der Waals surface area contributed by atoms with Gasteiger partial charge in [-0.1, -0.05) is 12.5 Å². The summed E-state index contributed by atoms with van der Waals surface area (Å²) >= 11 is 0. The molecule has 1 aliphatic heterocycles. The summed E-state index contributed by atoms with van der Waals surface area (Å²) in [7, 11) is -3.29. The van der Waals surface area contributed by atoms with Crippen LogP contribution in [0.25, 0.3) is 0 Å². The number of carbonyl (C=O) groups is 1. The van der Waals surface area contributed by atoms with E-state index in [1.165, 1.54) is 0 Å². The van der Waals surface area contributed by atoms with E-state index in [2.05, 4.69) is 4.98 Å². The van der Waals surface area contributed by atoms with Gasteiger partial charge in [0.25, 0.3) is 0 Å². The van der Waals surface area contributed by atoms with Crippen molar-refractivity contribution in [2.75, 3.05) is 31.7 Å². The molecule has 1 saturated heterocycles. The van der Waals surface area contributed by atoms with Crippen molar-refractivity contribution in [3.8, 4) is 0 Å². The van der Waals surface area contributed by atoms with Gasteiger partial charge in [0.2, 0.25) is 5.91 Å². The summed E-state index contributed by atoms with van der Waals surface area (Å²) in [4.78, 5) is 18.0. The Morgan fingerprint density at radius 2 is 2.33 bits per heavy atom. The van der Waals surface area contributed by atoms with E-state index in [4.69, 9.17) is 4.74 Å². The molecule has 0 unspecified atom stereocenters. The fraction of sp³-hybridized carbons (Fsp3) is 0.647. The first-order chi connectivity index (χ1) is 11.4. The summed E-state index contributed by atoms with van der Waals surface area (Å²) in [6.07, 6.45) is 7.90. The van der Waals surface area contributed by atoms with Gasteiger partial charge >= 0.3 is 0 Å². The number of rotatable bonds is 6. The molecular formula is C17H24N2O4S. The van der Waals surface area contributed by atoms with Crippen LogP contribution in [-0.4, -0.2) is 55.9 Å². The lowest BCUT2D eigenvalue weighted by Crippen LogP contribution is -2.37. The Kier molecular flexibility index (Phi) is 4.92. The highest BCUT2D eigenvalue weighted by Crippen LogP contribution is 2.49. The van der Waals surface area contributed by atoms with Crippen molar-refractivity contribution in [3.63, 3.8) is 0 Å². The van der Waals surface area contributed by atoms with Gasteiger partial charge in [0.15, 0.2) is 9.84 Å². The third-order valence-electron chi connectivity index (χ3n) is 5.16. The zero-order chi connectivity index (χ0) is 17.2. The van der Waals surface area contributed by atoms with E-state index < -0.39 is 15.6 Å². The van der Waals surface area contributed by atoms with E-state index in [1.54, 1.807) is 17.3 Å². The zero-order valence-electron chi connectivity index (χ0n) is 14.0. The normalized spacial score (nSPS) is 26.5. The van der Waals surface area contributed by atoms with Crippen LogP contribution in [0.1, 0.15) is 24.8 Å². The highest BCUT2D eigenvalue weighted by Gasteiger charge is 2.50. The minimum Gasteiger partial charge on any atom is -0.376 e. The van der Waals surface area contributed by atoms with Crippen molar-refractivity contribution in [1.29, 1.82) is 0 Å². The van der Waals surface area contributed by atoms with Crippen molar-refractivity contribution in [3.05, 3.63) is 30.1 Å². The molecule has 1 aromatic heterocycles. The first kappa shape index (κ1) is 17.4. The fourth-order valence-corrected chi connectivity index (χ4v) is 4.64. The van der Waals surface area contributed by atoms with Gasteiger partial charge < -0.3 is 9.64 Å². The molecule has 24 heavy (non-hydrogen) atoms. The number of aromatic nitrogens is 1. The van der Waals surface area contributed by atoms with Gasteiger partial charge in [-0.3, -0.25) is 9.78 Å². The summed E-state index contributed by atoms with van der Waals surface area (Å²) in [6, 6.07) is 3.86. The molecule has 6 nitrogen and oxygen atoms in total. The number of fused-ring (bicyclic) bond motifs is 1. The molecule has 3 rings (SSSR count). The number of hydrogen-bond donors (Lipinski definition) is 0. The first-order valence-electron chi connectivity index (χ1n) is 8.30. The molecule has 2 fully saturated rings. The molecule has 0 N–H and O–H groups in total. The van der Waals surface area contributed by atoms with Crippen molar-refractivity contribution in [2.24, 2.45) is 11.3 Å². The van der Waals surface area contributed by atoms with Gasteiger partial charge in [-0.25, -0.2) is 8.42 Å². The predicted molar refractivity (Wildman–Crippen MR) is 90.0 cm³/mol. The number of amides is 1. The third-order valence-corrected chi connectivity index (χ3v) is 5.93. The highest BCUT2D eigenvalue weighted by atomic mass is 32.2. The molecule has 0 bridgehead atoms. The predicted octanol–water partition coefficient (Wildman–Crippen LogP) is 1.27. The molecule has 1 aliphatic carbocycles. The molecule has 1 saturated carbocycles. The van der Waals surface area contributed by atoms with E-state index in [0.29, 0.717) is 32.2 Å². The molecule has 2 atom stereocenters. The quantitative estimate of drug-likeness (QED) is 0.771. The molecular weight excluding hydrogens is 328 g/mol. The molecule has 0 aromatic carbocycles. The second kappa shape index (κ2) is 6.80. The van der Waals surface area contributed by atoms with Crippen LogP contribution in [-0.2, 0) is 26.0 Å². The molecule has 7 heteroatoms. The minimum atomic E-state index is -3.29. The molecule has 0 spiro atoms. The molecule has 132 valence electrons. The monoisotopic (exact) mass is 352 g/mol. The van der Waals surface area contributed by atoms with Crippen LogP contribution < -0.4 is 0 Å². The summed E-state index contributed by atoms with van der Waals surface area (Å²) in [5, 5.41) is 0. The van der Waals surface area contributed by atoms with Crippen LogP contribution in [0.3, 0.4) is 0 Å². The lowest BCUT2D eigenvalue weighted by atomic mass is 9.81. The van der Waals surface area contributed by atoms with Crippen LogP contribution in [0.5, 0.6) is 0 Å². The zero-order valence-corrected chi connectivity index (χ0v) is 14.8. The number of sulfone groups is 1. The Bertz CT molecular complexity index is 692. The third kappa shape index (κ3) is 3.95. The lowest BCUT2D eigenvalue weighted by molar-refractivity contribution is -0.128. The number of ether oxygens (including phenoxy) is 1. The van der Waals surface area contributed by atoms with E-state index in [1.807, 2.05) is 12.1 Å².